The van der Waals surface area contributed by atoms with E-state index in [4.69, 9.17) is 11.6 Å². The number of halogens is 1. The van der Waals surface area contributed by atoms with Crippen molar-refractivity contribution in [1.29, 1.82) is 0 Å². The molecule has 2 aromatic heterocycles. The van der Waals surface area contributed by atoms with E-state index in [9.17, 15) is 0 Å². The van der Waals surface area contributed by atoms with Crippen molar-refractivity contribution < 1.29 is 0 Å². The monoisotopic (exact) mass is 264 g/mol. The Kier molecular flexibility index (Phi) is 2.66. The minimum absolute atomic E-state index is 0.469. The molecule has 18 heavy (non-hydrogen) atoms. The highest BCUT2D eigenvalue weighted by atomic mass is 35.5. The zero-order valence-electron chi connectivity index (χ0n) is 10.3. The van der Waals surface area contributed by atoms with Crippen LogP contribution in [0.1, 0.15) is 17.0 Å². The fraction of sp³-hybridized carbons (Fsp3) is 0.455. The van der Waals surface area contributed by atoms with Gasteiger partial charge in [-0.05, 0) is 25.0 Å². The number of hydrogen-bond acceptors (Lipinski definition) is 5. The van der Waals surface area contributed by atoms with Gasteiger partial charge in [0, 0.05) is 13.1 Å². The Hall–Kier alpha value is -1.69. The van der Waals surface area contributed by atoms with Gasteiger partial charge < -0.3 is 9.47 Å². The van der Waals surface area contributed by atoms with Crippen molar-refractivity contribution in [2.75, 3.05) is 11.4 Å². The molecule has 0 aliphatic carbocycles. The number of fused-ring (bicyclic) bond motifs is 1. The second-order valence-corrected chi connectivity index (χ2v) is 4.78. The van der Waals surface area contributed by atoms with Crippen LogP contribution in [-0.4, -0.2) is 31.5 Å². The average Bonchev–Trinajstić information content (AvgIpc) is 2.83. The SMILES string of the molecule is Cc1c(Cl)nnc(N2CCn3cnnc3C2)c1C. The van der Waals surface area contributed by atoms with Gasteiger partial charge in [-0.3, -0.25) is 0 Å². The van der Waals surface area contributed by atoms with E-state index in [2.05, 4.69) is 29.9 Å². The van der Waals surface area contributed by atoms with Crippen LogP contribution in [0, 0.1) is 13.8 Å². The highest BCUT2D eigenvalue weighted by Gasteiger charge is 2.21. The maximum Gasteiger partial charge on any atom is 0.155 e. The van der Waals surface area contributed by atoms with Crippen molar-refractivity contribution in [3.63, 3.8) is 0 Å². The highest BCUT2D eigenvalue weighted by Crippen LogP contribution is 2.25. The fourth-order valence-corrected chi connectivity index (χ4v) is 2.29. The molecule has 94 valence electrons. The van der Waals surface area contributed by atoms with Crippen LogP contribution in [0.25, 0.3) is 0 Å². The predicted molar refractivity (Wildman–Crippen MR) is 67.6 cm³/mol. The summed E-state index contributed by atoms with van der Waals surface area (Å²) in [5, 5.41) is 16.7. The minimum Gasteiger partial charge on any atom is -0.346 e. The molecule has 0 spiro atoms. The number of hydrogen-bond donors (Lipinski definition) is 0. The zero-order valence-corrected chi connectivity index (χ0v) is 11.0. The van der Waals surface area contributed by atoms with E-state index in [0.717, 1.165) is 35.9 Å². The van der Waals surface area contributed by atoms with Gasteiger partial charge in [0.2, 0.25) is 0 Å². The largest absolute Gasteiger partial charge is 0.346 e. The molecule has 6 nitrogen and oxygen atoms in total. The van der Waals surface area contributed by atoms with E-state index < -0.39 is 0 Å². The molecule has 0 amide bonds. The Morgan fingerprint density at radius 2 is 1.94 bits per heavy atom. The third-order valence-corrected chi connectivity index (χ3v) is 3.74. The molecule has 7 heteroatoms. The van der Waals surface area contributed by atoms with Crippen molar-refractivity contribution in [1.82, 2.24) is 25.0 Å². The zero-order chi connectivity index (χ0) is 12.7. The summed E-state index contributed by atoms with van der Waals surface area (Å²) in [6, 6.07) is 0. The second-order valence-electron chi connectivity index (χ2n) is 4.43. The molecule has 0 saturated heterocycles. The van der Waals surface area contributed by atoms with E-state index in [0.29, 0.717) is 11.7 Å². The van der Waals surface area contributed by atoms with Crippen molar-refractivity contribution >= 4 is 17.4 Å². The van der Waals surface area contributed by atoms with E-state index >= 15 is 0 Å². The summed E-state index contributed by atoms with van der Waals surface area (Å²) >= 11 is 5.97. The topological polar surface area (TPSA) is 59.7 Å². The van der Waals surface area contributed by atoms with E-state index in [1.54, 1.807) is 6.33 Å². The lowest BCUT2D eigenvalue weighted by Crippen LogP contribution is -2.35. The maximum atomic E-state index is 5.97. The lowest BCUT2D eigenvalue weighted by atomic mass is 10.2. The van der Waals surface area contributed by atoms with Crippen LogP contribution in [0.15, 0.2) is 6.33 Å². The summed E-state index contributed by atoms with van der Waals surface area (Å²) in [6.07, 6.45) is 1.76. The summed E-state index contributed by atoms with van der Waals surface area (Å²) in [5.74, 6) is 1.83. The lowest BCUT2D eigenvalue weighted by Gasteiger charge is -2.29. The van der Waals surface area contributed by atoms with Gasteiger partial charge in [-0.2, -0.15) is 0 Å². The molecule has 0 fully saturated rings. The van der Waals surface area contributed by atoms with Crippen LogP contribution in [0.5, 0.6) is 0 Å². The third kappa shape index (κ3) is 1.73. The number of aromatic nitrogens is 5. The van der Waals surface area contributed by atoms with Gasteiger partial charge in [0.25, 0.3) is 0 Å². The molecule has 0 N–H and O–H groups in total. The van der Waals surface area contributed by atoms with Crippen LogP contribution in [-0.2, 0) is 13.1 Å². The Morgan fingerprint density at radius 1 is 1.11 bits per heavy atom. The van der Waals surface area contributed by atoms with Gasteiger partial charge in [-0.25, -0.2) is 0 Å². The Labute approximate surface area is 110 Å². The van der Waals surface area contributed by atoms with Crippen molar-refractivity contribution in [2.24, 2.45) is 0 Å². The van der Waals surface area contributed by atoms with Crippen molar-refractivity contribution in [3.8, 4) is 0 Å². The number of rotatable bonds is 1. The van der Waals surface area contributed by atoms with E-state index in [1.165, 1.54) is 0 Å². The first-order valence-corrected chi connectivity index (χ1v) is 6.15. The van der Waals surface area contributed by atoms with Gasteiger partial charge in [0.1, 0.15) is 6.33 Å². The predicted octanol–water partition coefficient (Wildman–Crippen LogP) is 1.36. The van der Waals surface area contributed by atoms with Gasteiger partial charge in [-0.1, -0.05) is 11.6 Å². The second kappa shape index (κ2) is 4.20. The van der Waals surface area contributed by atoms with Crippen LogP contribution in [0.4, 0.5) is 5.82 Å². The maximum absolute atomic E-state index is 5.97. The first-order valence-electron chi connectivity index (χ1n) is 5.78. The Bertz CT molecular complexity index is 593. The summed E-state index contributed by atoms with van der Waals surface area (Å²) in [7, 11) is 0. The Morgan fingerprint density at radius 3 is 2.78 bits per heavy atom. The first kappa shape index (κ1) is 11.4. The molecule has 1 aliphatic rings. The van der Waals surface area contributed by atoms with Gasteiger partial charge in [-0.15, -0.1) is 20.4 Å². The summed E-state index contributed by atoms with van der Waals surface area (Å²) < 4.78 is 2.06. The molecule has 1 aliphatic heterocycles. The van der Waals surface area contributed by atoms with Gasteiger partial charge >= 0.3 is 0 Å². The minimum atomic E-state index is 0.469. The lowest BCUT2D eigenvalue weighted by molar-refractivity contribution is 0.553. The molecule has 2 aromatic rings. The molecule has 0 bridgehead atoms. The fourth-order valence-electron chi connectivity index (χ4n) is 2.11. The molecule has 0 radical (unpaired) electrons. The van der Waals surface area contributed by atoms with Gasteiger partial charge in [0.05, 0.1) is 6.54 Å². The molecule has 0 aromatic carbocycles. The standard InChI is InChI=1S/C11H13ClN6/c1-7-8(2)11(16-15-10(7)12)17-3-4-18-6-13-14-9(18)5-17/h6H,3-5H2,1-2H3. The van der Waals surface area contributed by atoms with Crippen LogP contribution >= 0.6 is 11.6 Å². The first-order chi connectivity index (χ1) is 8.66. The highest BCUT2D eigenvalue weighted by molar-refractivity contribution is 6.30. The average molecular weight is 265 g/mol. The smallest absolute Gasteiger partial charge is 0.155 e. The normalized spacial score (nSPS) is 14.7. The summed E-state index contributed by atoms with van der Waals surface area (Å²) in [5.41, 5.74) is 2.05. The van der Waals surface area contributed by atoms with Gasteiger partial charge in [0.15, 0.2) is 16.8 Å². The molecular weight excluding hydrogens is 252 g/mol. The van der Waals surface area contributed by atoms with Crippen LogP contribution in [0.3, 0.4) is 0 Å². The number of anilines is 1. The molecule has 3 rings (SSSR count). The van der Waals surface area contributed by atoms with E-state index in [1.807, 2.05) is 13.8 Å². The molecule has 3 heterocycles. The molecule has 0 saturated carbocycles. The molecule has 0 unspecified atom stereocenters. The summed E-state index contributed by atoms with van der Waals surface area (Å²) in [6.45, 7) is 6.43. The Balaban J connectivity index is 1.96. The molecule has 0 atom stereocenters. The van der Waals surface area contributed by atoms with Crippen molar-refractivity contribution in [3.05, 3.63) is 28.4 Å². The van der Waals surface area contributed by atoms with Crippen molar-refractivity contribution in [2.45, 2.75) is 26.9 Å². The van der Waals surface area contributed by atoms with Crippen LogP contribution < -0.4 is 4.90 Å². The summed E-state index contributed by atoms with van der Waals surface area (Å²) in [4.78, 5) is 2.16. The molecular formula is C11H13ClN6. The van der Waals surface area contributed by atoms with E-state index in [-0.39, 0.29) is 0 Å². The van der Waals surface area contributed by atoms with Crippen LogP contribution in [0.2, 0.25) is 5.15 Å². The number of nitrogens with zero attached hydrogens (tertiary/aromatic N) is 6. The quantitative estimate of drug-likeness (QED) is 0.778. The third-order valence-electron chi connectivity index (χ3n) is 3.38.